The fourth-order valence-corrected chi connectivity index (χ4v) is 2.44. The quantitative estimate of drug-likeness (QED) is 0.790. The summed E-state index contributed by atoms with van der Waals surface area (Å²) in [7, 11) is 0. The summed E-state index contributed by atoms with van der Waals surface area (Å²) in [4.78, 5) is 11.3. The number of hydrogen-bond acceptors (Lipinski definition) is 2. The summed E-state index contributed by atoms with van der Waals surface area (Å²) in [6.07, 6.45) is 0.776. The van der Waals surface area contributed by atoms with E-state index in [0.717, 1.165) is 10.0 Å². The Morgan fingerprint density at radius 3 is 2.93 bits per heavy atom. The number of ether oxygens (including phenoxy) is 1. The molecule has 1 heterocycles. The summed E-state index contributed by atoms with van der Waals surface area (Å²) < 4.78 is 6.46. The van der Waals surface area contributed by atoms with Gasteiger partial charge in [-0.15, -0.1) is 0 Å². The molecule has 80 valence electrons. The molecule has 0 bridgehead atoms. The predicted molar refractivity (Wildman–Crippen MR) is 62.1 cm³/mol. The molecule has 0 radical (unpaired) electrons. The standard InChI is InChI=1S/C11H10BrClO2/c12-7-1-2-9(10(13)5-7)11-6-8(14)3-4-15-11/h1-2,5,11H,3-4,6H2. The molecule has 0 spiro atoms. The third-order valence-corrected chi connectivity index (χ3v) is 3.24. The topological polar surface area (TPSA) is 26.3 Å². The van der Waals surface area contributed by atoms with Crippen LogP contribution in [0.1, 0.15) is 24.5 Å². The zero-order valence-electron chi connectivity index (χ0n) is 8.00. The van der Waals surface area contributed by atoms with Crippen molar-refractivity contribution < 1.29 is 9.53 Å². The number of rotatable bonds is 1. The molecular formula is C11H10BrClO2. The maximum absolute atomic E-state index is 11.3. The molecule has 15 heavy (non-hydrogen) atoms. The number of halogens is 2. The lowest BCUT2D eigenvalue weighted by Crippen LogP contribution is -2.19. The van der Waals surface area contributed by atoms with Gasteiger partial charge in [0, 0.05) is 22.3 Å². The largest absolute Gasteiger partial charge is 0.373 e. The van der Waals surface area contributed by atoms with Crippen molar-refractivity contribution in [1.82, 2.24) is 0 Å². The van der Waals surface area contributed by atoms with E-state index in [1.165, 1.54) is 0 Å². The Kier molecular flexibility index (Phi) is 3.44. The molecule has 4 heteroatoms. The Hall–Kier alpha value is -0.380. The first kappa shape index (κ1) is 11.1. The molecule has 1 aromatic rings. The summed E-state index contributed by atoms with van der Waals surface area (Å²) in [6.45, 7) is 0.496. The second kappa shape index (κ2) is 4.64. The summed E-state index contributed by atoms with van der Waals surface area (Å²) in [5.74, 6) is 0.241. The number of hydrogen-bond donors (Lipinski definition) is 0. The third-order valence-electron chi connectivity index (χ3n) is 2.42. The van der Waals surface area contributed by atoms with Crippen LogP contribution in [0.3, 0.4) is 0 Å². The van der Waals surface area contributed by atoms with Gasteiger partial charge in [0.2, 0.25) is 0 Å². The predicted octanol–water partition coefficient (Wildman–Crippen LogP) is 3.52. The highest BCUT2D eigenvalue weighted by Crippen LogP contribution is 2.32. The normalized spacial score (nSPS) is 21.7. The molecule has 0 amide bonds. The summed E-state index contributed by atoms with van der Waals surface area (Å²) >= 11 is 9.43. The van der Waals surface area contributed by atoms with Gasteiger partial charge in [-0.25, -0.2) is 0 Å². The Bertz CT molecular complexity index is 392. The SMILES string of the molecule is O=C1CCOC(c2ccc(Br)cc2Cl)C1. The first-order valence-corrected chi connectivity index (χ1v) is 5.92. The lowest BCUT2D eigenvalue weighted by atomic mass is 10.0. The third kappa shape index (κ3) is 2.60. The molecule has 2 rings (SSSR count). The van der Waals surface area contributed by atoms with Crippen molar-refractivity contribution >= 4 is 33.3 Å². The summed E-state index contributed by atoms with van der Waals surface area (Å²) in [5, 5.41) is 0.643. The molecule has 1 aromatic carbocycles. The summed E-state index contributed by atoms with van der Waals surface area (Å²) in [6, 6.07) is 5.62. The minimum atomic E-state index is -0.174. The van der Waals surface area contributed by atoms with Gasteiger partial charge in [-0.1, -0.05) is 33.6 Å². The van der Waals surface area contributed by atoms with Crippen LogP contribution in [0.2, 0.25) is 5.02 Å². The van der Waals surface area contributed by atoms with Crippen LogP contribution in [0.15, 0.2) is 22.7 Å². The fourth-order valence-electron chi connectivity index (χ4n) is 1.65. The lowest BCUT2D eigenvalue weighted by molar-refractivity contribution is -0.128. The van der Waals surface area contributed by atoms with Gasteiger partial charge in [0.1, 0.15) is 5.78 Å². The lowest BCUT2D eigenvalue weighted by Gasteiger charge is -2.23. The van der Waals surface area contributed by atoms with Crippen molar-refractivity contribution in [3.05, 3.63) is 33.3 Å². The zero-order valence-corrected chi connectivity index (χ0v) is 10.3. The highest BCUT2D eigenvalue weighted by Gasteiger charge is 2.23. The van der Waals surface area contributed by atoms with Gasteiger partial charge in [-0.3, -0.25) is 4.79 Å². The molecule has 0 saturated carbocycles. The first-order chi connectivity index (χ1) is 7.16. The van der Waals surface area contributed by atoms with E-state index >= 15 is 0 Å². The molecule has 1 unspecified atom stereocenters. The van der Waals surface area contributed by atoms with Gasteiger partial charge in [0.05, 0.1) is 12.7 Å². The maximum atomic E-state index is 11.3. The number of carbonyl (C=O) groups is 1. The van der Waals surface area contributed by atoms with E-state index in [0.29, 0.717) is 24.5 Å². The van der Waals surface area contributed by atoms with Crippen LogP contribution in [0.25, 0.3) is 0 Å². The van der Waals surface area contributed by atoms with Crippen LogP contribution < -0.4 is 0 Å². The van der Waals surface area contributed by atoms with Crippen LogP contribution in [-0.2, 0) is 9.53 Å². The monoisotopic (exact) mass is 288 g/mol. The first-order valence-electron chi connectivity index (χ1n) is 4.75. The van der Waals surface area contributed by atoms with Crippen molar-refractivity contribution in [2.45, 2.75) is 18.9 Å². The van der Waals surface area contributed by atoms with Crippen LogP contribution in [0, 0.1) is 0 Å². The maximum Gasteiger partial charge on any atom is 0.138 e. The van der Waals surface area contributed by atoms with Gasteiger partial charge in [-0.05, 0) is 17.7 Å². The Labute approximate surface area is 102 Å². The average Bonchev–Trinajstić information content (AvgIpc) is 2.17. The average molecular weight is 290 g/mol. The molecule has 1 aliphatic heterocycles. The molecule has 0 aromatic heterocycles. The van der Waals surface area contributed by atoms with E-state index in [1.54, 1.807) is 0 Å². The van der Waals surface area contributed by atoms with E-state index in [9.17, 15) is 4.79 Å². The molecular weight excluding hydrogens is 279 g/mol. The van der Waals surface area contributed by atoms with E-state index in [1.807, 2.05) is 18.2 Å². The number of ketones is 1. The van der Waals surface area contributed by atoms with E-state index < -0.39 is 0 Å². The number of benzene rings is 1. The molecule has 1 atom stereocenters. The van der Waals surface area contributed by atoms with Crippen molar-refractivity contribution in [1.29, 1.82) is 0 Å². The zero-order chi connectivity index (χ0) is 10.8. The van der Waals surface area contributed by atoms with Crippen molar-refractivity contribution in [3.63, 3.8) is 0 Å². The molecule has 0 aliphatic carbocycles. The molecule has 1 fully saturated rings. The molecule has 2 nitrogen and oxygen atoms in total. The van der Waals surface area contributed by atoms with Gasteiger partial charge < -0.3 is 4.74 Å². The highest BCUT2D eigenvalue weighted by molar-refractivity contribution is 9.10. The summed E-state index contributed by atoms with van der Waals surface area (Å²) in [5.41, 5.74) is 0.896. The van der Waals surface area contributed by atoms with Crippen LogP contribution in [-0.4, -0.2) is 12.4 Å². The minimum absolute atomic E-state index is 0.174. The second-order valence-corrected chi connectivity index (χ2v) is 4.84. The van der Waals surface area contributed by atoms with Gasteiger partial charge >= 0.3 is 0 Å². The van der Waals surface area contributed by atoms with E-state index in [4.69, 9.17) is 16.3 Å². The van der Waals surface area contributed by atoms with Gasteiger partial charge in [0.15, 0.2) is 0 Å². The van der Waals surface area contributed by atoms with Gasteiger partial charge in [0.25, 0.3) is 0 Å². The van der Waals surface area contributed by atoms with Crippen LogP contribution in [0.5, 0.6) is 0 Å². The molecule has 1 aliphatic rings. The van der Waals surface area contributed by atoms with Crippen LogP contribution >= 0.6 is 27.5 Å². The smallest absolute Gasteiger partial charge is 0.138 e. The van der Waals surface area contributed by atoms with E-state index in [-0.39, 0.29) is 11.9 Å². The number of Topliss-reactive ketones (excluding diaryl/α,β-unsaturated/α-hetero) is 1. The van der Waals surface area contributed by atoms with Gasteiger partial charge in [-0.2, -0.15) is 0 Å². The second-order valence-electron chi connectivity index (χ2n) is 3.52. The van der Waals surface area contributed by atoms with E-state index in [2.05, 4.69) is 15.9 Å². The Morgan fingerprint density at radius 1 is 1.47 bits per heavy atom. The van der Waals surface area contributed by atoms with Crippen LogP contribution in [0.4, 0.5) is 0 Å². The van der Waals surface area contributed by atoms with Crippen molar-refractivity contribution in [3.8, 4) is 0 Å². The molecule has 1 saturated heterocycles. The van der Waals surface area contributed by atoms with Crippen molar-refractivity contribution in [2.75, 3.05) is 6.61 Å². The minimum Gasteiger partial charge on any atom is -0.373 e. The Morgan fingerprint density at radius 2 is 2.27 bits per heavy atom. The van der Waals surface area contributed by atoms with Crippen molar-refractivity contribution in [2.24, 2.45) is 0 Å². The highest BCUT2D eigenvalue weighted by atomic mass is 79.9. The molecule has 0 N–H and O–H groups in total. The Balaban J connectivity index is 2.24. The number of carbonyl (C=O) groups excluding carboxylic acids is 1. The fraction of sp³-hybridized carbons (Fsp3) is 0.364.